The van der Waals surface area contributed by atoms with Crippen LogP contribution in [0.4, 0.5) is 5.82 Å². The average Bonchev–Trinajstić information content (AvgIpc) is 2.85. The number of anilines is 1. The Balaban J connectivity index is 1.81. The summed E-state index contributed by atoms with van der Waals surface area (Å²) in [5, 5.41) is 3.62. The highest BCUT2D eigenvalue weighted by atomic mass is 32.2. The van der Waals surface area contributed by atoms with Crippen molar-refractivity contribution in [2.45, 2.75) is 17.8 Å². The van der Waals surface area contributed by atoms with E-state index in [2.05, 4.69) is 19.9 Å². The molecule has 0 saturated carbocycles. The van der Waals surface area contributed by atoms with E-state index in [4.69, 9.17) is 5.73 Å². The zero-order valence-corrected chi connectivity index (χ0v) is 11.8. The van der Waals surface area contributed by atoms with Gasteiger partial charge in [-0.05, 0) is 24.4 Å². The molecule has 2 N–H and O–H groups in total. The van der Waals surface area contributed by atoms with E-state index in [-0.39, 0.29) is 0 Å². The molecule has 0 spiro atoms. The van der Waals surface area contributed by atoms with Gasteiger partial charge in [-0.2, -0.15) is 0 Å². The van der Waals surface area contributed by atoms with Crippen molar-refractivity contribution >= 4 is 39.1 Å². The normalized spacial score (nSPS) is 11.0. The van der Waals surface area contributed by atoms with Crippen LogP contribution in [0.15, 0.2) is 28.9 Å². The number of aromatic nitrogens is 4. The summed E-state index contributed by atoms with van der Waals surface area (Å²) in [6.45, 7) is 1.94. The second kappa shape index (κ2) is 5.10. The number of nitrogens with two attached hydrogens (primary N) is 1. The third-order valence-electron chi connectivity index (χ3n) is 2.50. The number of hydrogen-bond acceptors (Lipinski definition) is 7. The molecule has 3 heterocycles. The van der Waals surface area contributed by atoms with Gasteiger partial charge in [0.25, 0.3) is 0 Å². The Morgan fingerprint density at radius 3 is 3.00 bits per heavy atom. The second-order valence-corrected chi connectivity index (χ2v) is 5.77. The number of aryl methyl sites for hydroxylation is 1. The summed E-state index contributed by atoms with van der Waals surface area (Å²) in [5.41, 5.74) is 6.86. The average molecular weight is 289 g/mol. The van der Waals surface area contributed by atoms with E-state index in [9.17, 15) is 0 Å². The fourth-order valence-electron chi connectivity index (χ4n) is 1.61. The summed E-state index contributed by atoms with van der Waals surface area (Å²) in [4.78, 5) is 18.2. The lowest BCUT2D eigenvalue weighted by Crippen LogP contribution is -1.99. The highest BCUT2D eigenvalue weighted by Crippen LogP contribution is 2.25. The molecule has 0 aromatic carbocycles. The summed E-state index contributed by atoms with van der Waals surface area (Å²) in [5.74, 6) is 1.86. The number of nitrogens with zero attached hydrogens (tertiary/aromatic N) is 4. The summed E-state index contributed by atoms with van der Waals surface area (Å²) >= 11 is 3.08. The van der Waals surface area contributed by atoms with Gasteiger partial charge < -0.3 is 5.73 Å². The van der Waals surface area contributed by atoms with Gasteiger partial charge in [0.15, 0.2) is 5.16 Å². The second-order valence-electron chi connectivity index (χ2n) is 3.93. The molecule has 96 valence electrons. The maximum atomic E-state index is 5.91. The van der Waals surface area contributed by atoms with Gasteiger partial charge >= 0.3 is 0 Å². The first-order valence-electron chi connectivity index (χ1n) is 5.64. The minimum atomic E-state index is 0.534. The predicted octanol–water partition coefficient (Wildman–Crippen LogP) is 2.66. The Morgan fingerprint density at radius 2 is 2.16 bits per heavy atom. The molecule has 0 unspecified atom stereocenters. The van der Waals surface area contributed by atoms with Crippen LogP contribution < -0.4 is 5.73 Å². The minimum absolute atomic E-state index is 0.534. The van der Waals surface area contributed by atoms with Gasteiger partial charge in [0.05, 0.1) is 11.1 Å². The Bertz CT molecular complexity index is 725. The summed E-state index contributed by atoms with van der Waals surface area (Å²) in [6, 6.07) is 3.81. The molecular formula is C12H11N5S2. The van der Waals surface area contributed by atoms with E-state index in [1.54, 1.807) is 17.5 Å². The SMILES string of the molecule is Cc1ccnc(SCc2nc(N)c3ccsc3n2)n1. The van der Waals surface area contributed by atoms with Crippen LogP contribution in [-0.2, 0) is 5.75 Å². The van der Waals surface area contributed by atoms with Crippen LogP contribution in [-0.4, -0.2) is 19.9 Å². The monoisotopic (exact) mass is 289 g/mol. The van der Waals surface area contributed by atoms with Gasteiger partial charge in [0, 0.05) is 11.9 Å². The third kappa shape index (κ3) is 2.66. The third-order valence-corrected chi connectivity index (χ3v) is 4.17. The van der Waals surface area contributed by atoms with Crippen molar-refractivity contribution in [3.8, 4) is 0 Å². The molecular weight excluding hydrogens is 278 g/mol. The largest absolute Gasteiger partial charge is 0.383 e. The summed E-state index contributed by atoms with van der Waals surface area (Å²) < 4.78 is 0. The molecule has 0 aliphatic carbocycles. The standard InChI is InChI=1S/C12H11N5S2/c1-7-2-4-14-12(15-7)19-6-9-16-10(13)8-3-5-18-11(8)17-9/h2-5H,6H2,1H3,(H2,13,16,17). The fourth-order valence-corrected chi connectivity index (χ4v) is 3.14. The van der Waals surface area contributed by atoms with Crippen molar-refractivity contribution in [2.75, 3.05) is 5.73 Å². The molecule has 3 aromatic rings. The van der Waals surface area contributed by atoms with E-state index >= 15 is 0 Å². The van der Waals surface area contributed by atoms with E-state index in [1.165, 1.54) is 11.8 Å². The molecule has 0 saturated heterocycles. The smallest absolute Gasteiger partial charge is 0.188 e. The van der Waals surface area contributed by atoms with E-state index < -0.39 is 0 Å². The molecule has 0 amide bonds. The van der Waals surface area contributed by atoms with Crippen LogP contribution in [0.25, 0.3) is 10.2 Å². The molecule has 0 radical (unpaired) electrons. The molecule has 0 bridgehead atoms. The van der Waals surface area contributed by atoms with Crippen molar-refractivity contribution in [1.82, 2.24) is 19.9 Å². The number of thiophene rings is 1. The van der Waals surface area contributed by atoms with E-state index in [0.717, 1.165) is 21.1 Å². The van der Waals surface area contributed by atoms with Crippen LogP contribution in [0.3, 0.4) is 0 Å². The van der Waals surface area contributed by atoms with Gasteiger partial charge in [0.2, 0.25) is 0 Å². The number of thioether (sulfide) groups is 1. The van der Waals surface area contributed by atoms with Crippen molar-refractivity contribution in [2.24, 2.45) is 0 Å². The quantitative estimate of drug-likeness (QED) is 0.590. The zero-order valence-electron chi connectivity index (χ0n) is 10.2. The molecule has 0 aliphatic rings. The van der Waals surface area contributed by atoms with Gasteiger partial charge in [-0.15, -0.1) is 11.3 Å². The fraction of sp³-hybridized carbons (Fsp3) is 0.167. The molecule has 0 aliphatic heterocycles. The first kappa shape index (κ1) is 12.3. The molecule has 3 rings (SSSR count). The van der Waals surface area contributed by atoms with Crippen molar-refractivity contribution in [3.63, 3.8) is 0 Å². The molecule has 19 heavy (non-hydrogen) atoms. The topological polar surface area (TPSA) is 77.6 Å². The molecule has 5 nitrogen and oxygen atoms in total. The molecule has 7 heteroatoms. The van der Waals surface area contributed by atoms with Gasteiger partial charge in [-0.1, -0.05) is 11.8 Å². The van der Waals surface area contributed by atoms with Gasteiger partial charge in [-0.25, -0.2) is 19.9 Å². The summed E-state index contributed by atoms with van der Waals surface area (Å²) in [6.07, 6.45) is 1.75. The highest BCUT2D eigenvalue weighted by molar-refractivity contribution is 7.98. The first-order valence-corrected chi connectivity index (χ1v) is 7.51. The maximum Gasteiger partial charge on any atom is 0.188 e. The minimum Gasteiger partial charge on any atom is -0.383 e. The highest BCUT2D eigenvalue weighted by Gasteiger charge is 2.07. The summed E-state index contributed by atoms with van der Waals surface area (Å²) in [7, 11) is 0. The molecule has 0 fully saturated rings. The maximum absolute atomic E-state index is 5.91. The van der Waals surface area contributed by atoms with E-state index in [1.807, 2.05) is 24.4 Å². The van der Waals surface area contributed by atoms with Crippen molar-refractivity contribution < 1.29 is 0 Å². The lowest BCUT2D eigenvalue weighted by Gasteiger charge is -2.02. The van der Waals surface area contributed by atoms with Crippen LogP contribution in [0, 0.1) is 6.92 Å². The van der Waals surface area contributed by atoms with Crippen LogP contribution in [0.2, 0.25) is 0 Å². The zero-order chi connectivity index (χ0) is 13.2. The number of nitrogen functional groups attached to an aromatic ring is 1. The molecule has 0 atom stereocenters. The van der Waals surface area contributed by atoms with Gasteiger partial charge in [-0.3, -0.25) is 0 Å². The van der Waals surface area contributed by atoms with Crippen LogP contribution in [0.1, 0.15) is 11.5 Å². The number of fused-ring (bicyclic) bond motifs is 1. The predicted molar refractivity (Wildman–Crippen MR) is 78.2 cm³/mol. The number of hydrogen-bond donors (Lipinski definition) is 1. The Kier molecular flexibility index (Phi) is 3.31. The van der Waals surface area contributed by atoms with E-state index in [0.29, 0.717) is 17.4 Å². The Hall–Kier alpha value is -1.73. The first-order chi connectivity index (χ1) is 9.22. The number of rotatable bonds is 3. The van der Waals surface area contributed by atoms with Crippen molar-refractivity contribution in [1.29, 1.82) is 0 Å². The lowest BCUT2D eigenvalue weighted by atomic mass is 10.4. The Morgan fingerprint density at radius 1 is 1.26 bits per heavy atom. The van der Waals surface area contributed by atoms with Gasteiger partial charge in [0.1, 0.15) is 16.5 Å². The van der Waals surface area contributed by atoms with Crippen LogP contribution >= 0.6 is 23.1 Å². The van der Waals surface area contributed by atoms with Crippen molar-refractivity contribution in [3.05, 3.63) is 35.2 Å². The Labute approximate surface area is 118 Å². The molecule has 3 aromatic heterocycles. The lowest BCUT2D eigenvalue weighted by molar-refractivity contribution is 0.928. The van der Waals surface area contributed by atoms with Crippen LogP contribution in [0.5, 0.6) is 0 Å².